The Bertz CT molecular complexity index is 649. The molecule has 0 saturated heterocycles. The first kappa shape index (κ1) is 14.4. The lowest BCUT2D eigenvalue weighted by Crippen LogP contribution is -1.97. The molecule has 0 atom stereocenters. The summed E-state index contributed by atoms with van der Waals surface area (Å²) < 4.78 is 5.22. The third-order valence-corrected chi connectivity index (χ3v) is 2.99. The van der Waals surface area contributed by atoms with Gasteiger partial charge in [0.15, 0.2) is 0 Å². The molecule has 0 radical (unpaired) electrons. The lowest BCUT2D eigenvalue weighted by molar-refractivity contribution is -0.385. The van der Waals surface area contributed by atoms with Crippen LogP contribution in [0.15, 0.2) is 24.5 Å². The molecule has 2 aromatic rings. The number of aliphatic hydroxyl groups excluding tert-OH is 1. The van der Waals surface area contributed by atoms with Crippen molar-refractivity contribution in [1.82, 2.24) is 9.97 Å². The van der Waals surface area contributed by atoms with E-state index in [4.69, 9.17) is 33.0 Å². The third kappa shape index (κ3) is 3.13. The molecule has 0 amide bonds. The molecule has 0 fully saturated rings. The monoisotopic (exact) mass is 315 g/mol. The van der Waals surface area contributed by atoms with E-state index in [-0.39, 0.29) is 34.1 Å². The lowest BCUT2D eigenvalue weighted by atomic mass is 10.3. The molecule has 0 aliphatic carbocycles. The number of nitro benzene ring substituents is 1. The second-order valence-corrected chi connectivity index (χ2v) is 4.44. The summed E-state index contributed by atoms with van der Waals surface area (Å²) in [7, 11) is 0. The zero-order chi connectivity index (χ0) is 14.7. The normalized spacial score (nSPS) is 10.3. The summed E-state index contributed by atoms with van der Waals surface area (Å²) in [6.07, 6.45) is 2.68. The minimum absolute atomic E-state index is 0.0438. The van der Waals surface area contributed by atoms with E-state index in [1.54, 1.807) is 0 Å². The first-order valence-electron chi connectivity index (χ1n) is 5.24. The van der Waals surface area contributed by atoms with Gasteiger partial charge in [0.25, 0.3) is 0 Å². The Morgan fingerprint density at radius 1 is 1.25 bits per heavy atom. The van der Waals surface area contributed by atoms with Gasteiger partial charge in [-0.15, -0.1) is 0 Å². The third-order valence-electron chi connectivity index (χ3n) is 2.26. The minimum Gasteiger partial charge on any atom is -0.417 e. The van der Waals surface area contributed by atoms with Crippen LogP contribution in [0.3, 0.4) is 0 Å². The molecule has 20 heavy (non-hydrogen) atoms. The van der Waals surface area contributed by atoms with Gasteiger partial charge in [0.2, 0.25) is 5.75 Å². The summed E-state index contributed by atoms with van der Waals surface area (Å²) in [6, 6.07) is 2.19. The van der Waals surface area contributed by atoms with Crippen molar-refractivity contribution in [2.24, 2.45) is 0 Å². The molecule has 1 N–H and O–H groups in total. The van der Waals surface area contributed by atoms with Crippen LogP contribution < -0.4 is 4.74 Å². The molecule has 0 spiro atoms. The average Bonchev–Trinajstić information content (AvgIpc) is 2.43. The fourth-order valence-electron chi connectivity index (χ4n) is 1.32. The van der Waals surface area contributed by atoms with Gasteiger partial charge in [0.1, 0.15) is 0 Å². The number of ether oxygens (including phenoxy) is 1. The Balaban J connectivity index is 2.36. The van der Waals surface area contributed by atoms with Crippen LogP contribution in [0.1, 0.15) is 5.56 Å². The maximum atomic E-state index is 10.9. The molecule has 0 bridgehead atoms. The Hall–Kier alpha value is -1.96. The number of rotatable bonds is 4. The van der Waals surface area contributed by atoms with E-state index in [1.165, 1.54) is 18.5 Å². The predicted molar refractivity (Wildman–Crippen MR) is 71.1 cm³/mol. The van der Waals surface area contributed by atoms with Crippen molar-refractivity contribution < 1.29 is 14.8 Å². The molecule has 0 aliphatic rings. The number of aromatic nitrogens is 2. The molecular formula is C11H7Cl2N3O4. The lowest BCUT2D eigenvalue weighted by Gasteiger charge is -2.06. The molecule has 1 heterocycles. The van der Waals surface area contributed by atoms with Crippen LogP contribution in [0.25, 0.3) is 0 Å². The summed E-state index contributed by atoms with van der Waals surface area (Å²) in [5.74, 6) is -0.124. The van der Waals surface area contributed by atoms with Crippen LogP contribution in [0.4, 0.5) is 5.69 Å². The van der Waals surface area contributed by atoms with E-state index < -0.39 is 4.92 Å². The molecule has 0 unspecified atom stereocenters. The van der Waals surface area contributed by atoms with Crippen molar-refractivity contribution >= 4 is 28.9 Å². The fraction of sp³-hybridized carbons (Fsp3) is 0.0909. The van der Waals surface area contributed by atoms with E-state index in [0.29, 0.717) is 5.56 Å². The molecule has 0 saturated carbocycles. The molecule has 1 aromatic heterocycles. The first-order chi connectivity index (χ1) is 9.51. The molecular weight excluding hydrogens is 309 g/mol. The van der Waals surface area contributed by atoms with E-state index in [0.717, 1.165) is 6.07 Å². The summed E-state index contributed by atoms with van der Waals surface area (Å²) in [4.78, 5) is 17.9. The largest absolute Gasteiger partial charge is 0.417 e. The predicted octanol–water partition coefficient (Wildman–Crippen LogP) is 2.98. The maximum Gasteiger partial charge on any atom is 0.322 e. The van der Waals surface area contributed by atoms with Crippen LogP contribution >= 0.6 is 23.2 Å². The average molecular weight is 316 g/mol. The van der Waals surface area contributed by atoms with Gasteiger partial charge in [-0.3, -0.25) is 10.1 Å². The number of aliphatic hydroxyl groups is 1. The van der Waals surface area contributed by atoms with Gasteiger partial charge in [0.05, 0.1) is 21.6 Å². The number of hydrogen-bond acceptors (Lipinski definition) is 6. The smallest absolute Gasteiger partial charge is 0.322 e. The molecule has 7 nitrogen and oxygen atoms in total. The fourth-order valence-corrected chi connectivity index (χ4v) is 1.63. The van der Waals surface area contributed by atoms with Gasteiger partial charge < -0.3 is 9.84 Å². The van der Waals surface area contributed by atoms with E-state index >= 15 is 0 Å². The van der Waals surface area contributed by atoms with Crippen molar-refractivity contribution in [2.45, 2.75) is 6.61 Å². The van der Waals surface area contributed by atoms with Gasteiger partial charge >= 0.3 is 11.7 Å². The van der Waals surface area contributed by atoms with Crippen molar-refractivity contribution in [1.29, 1.82) is 0 Å². The summed E-state index contributed by atoms with van der Waals surface area (Å²) in [6.45, 7) is -0.215. The van der Waals surface area contributed by atoms with Gasteiger partial charge in [-0.2, -0.15) is 0 Å². The van der Waals surface area contributed by atoms with Crippen LogP contribution in [0.5, 0.6) is 11.8 Å². The molecule has 2 rings (SSSR count). The molecule has 9 heteroatoms. The molecule has 0 aliphatic heterocycles. The second-order valence-electron chi connectivity index (χ2n) is 3.63. The summed E-state index contributed by atoms with van der Waals surface area (Å²) in [5, 5.41) is 19.9. The van der Waals surface area contributed by atoms with Gasteiger partial charge in [0, 0.05) is 30.1 Å². The standard InChI is InChI=1S/C11H7Cl2N3O4/c12-7-1-9(16(18)19)10(2-8(7)13)20-11-14-3-6(5-17)4-15-11/h1-4,17H,5H2. The summed E-state index contributed by atoms with van der Waals surface area (Å²) in [5.41, 5.74) is 0.134. The number of nitrogens with zero attached hydrogens (tertiary/aromatic N) is 3. The first-order valence-corrected chi connectivity index (χ1v) is 6.00. The molecule has 104 valence electrons. The number of nitro groups is 1. The van der Waals surface area contributed by atoms with Crippen LogP contribution in [-0.4, -0.2) is 20.0 Å². The van der Waals surface area contributed by atoms with Crippen molar-refractivity contribution in [3.8, 4) is 11.8 Å². The highest BCUT2D eigenvalue weighted by Crippen LogP contribution is 2.37. The quantitative estimate of drug-likeness (QED) is 0.688. The van der Waals surface area contributed by atoms with Crippen molar-refractivity contribution in [2.75, 3.05) is 0 Å². The maximum absolute atomic E-state index is 10.9. The SMILES string of the molecule is O=[N+]([O-])c1cc(Cl)c(Cl)cc1Oc1ncc(CO)cn1. The topological polar surface area (TPSA) is 98.4 Å². The highest BCUT2D eigenvalue weighted by molar-refractivity contribution is 6.42. The van der Waals surface area contributed by atoms with Crippen LogP contribution in [-0.2, 0) is 6.61 Å². The number of benzene rings is 1. The van der Waals surface area contributed by atoms with Crippen LogP contribution in [0, 0.1) is 10.1 Å². The Morgan fingerprint density at radius 3 is 2.40 bits per heavy atom. The van der Waals surface area contributed by atoms with Gasteiger partial charge in [-0.05, 0) is 0 Å². The Kier molecular flexibility index (Phi) is 4.33. The number of halogens is 2. The van der Waals surface area contributed by atoms with Crippen LogP contribution in [0.2, 0.25) is 10.0 Å². The molecule has 1 aromatic carbocycles. The Morgan fingerprint density at radius 2 is 1.85 bits per heavy atom. The summed E-state index contributed by atoms with van der Waals surface area (Å²) >= 11 is 11.5. The zero-order valence-corrected chi connectivity index (χ0v) is 11.3. The van der Waals surface area contributed by atoms with Gasteiger partial charge in [-0.1, -0.05) is 23.2 Å². The van der Waals surface area contributed by atoms with Crippen molar-refractivity contribution in [3.05, 3.63) is 50.2 Å². The van der Waals surface area contributed by atoms with Crippen molar-refractivity contribution in [3.63, 3.8) is 0 Å². The van der Waals surface area contributed by atoms with Gasteiger partial charge in [-0.25, -0.2) is 9.97 Å². The zero-order valence-electron chi connectivity index (χ0n) is 9.79. The highest BCUT2D eigenvalue weighted by Gasteiger charge is 2.19. The second kappa shape index (κ2) is 6.00. The van der Waals surface area contributed by atoms with E-state index in [2.05, 4.69) is 9.97 Å². The van der Waals surface area contributed by atoms with E-state index in [1.807, 2.05) is 0 Å². The van der Waals surface area contributed by atoms with E-state index in [9.17, 15) is 10.1 Å². The minimum atomic E-state index is -0.653. The Labute approximate surface area is 122 Å². The number of hydrogen-bond donors (Lipinski definition) is 1. The highest BCUT2D eigenvalue weighted by atomic mass is 35.5.